The zero-order valence-corrected chi connectivity index (χ0v) is 11.3. The van der Waals surface area contributed by atoms with Crippen LogP contribution in [0.5, 0.6) is 0 Å². The van der Waals surface area contributed by atoms with Gasteiger partial charge in [0.1, 0.15) is 5.82 Å². The van der Waals surface area contributed by atoms with Gasteiger partial charge in [0.15, 0.2) is 0 Å². The fourth-order valence-corrected chi connectivity index (χ4v) is 1.93. The second-order valence-electron chi connectivity index (χ2n) is 4.37. The number of nitrogens with zero attached hydrogens (tertiary/aromatic N) is 1. The number of carbonyl (C=O) groups excluding carboxylic acids is 1. The molecule has 4 nitrogen and oxygen atoms in total. The number of rotatable bonds is 6. The third-order valence-electron chi connectivity index (χ3n) is 2.91. The summed E-state index contributed by atoms with van der Waals surface area (Å²) in [6.07, 6.45) is 2.12. The minimum Gasteiger partial charge on any atom is -0.383 e. The highest BCUT2D eigenvalue weighted by molar-refractivity contribution is 5.78. The molecule has 1 amide bonds. The van der Waals surface area contributed by atoms with Gasteiger partial charge in [0.05, 0.1) is 13.0 Å². The highest BCUT2D eigenvalue weighted by Crippen LogP contribution is 2.14. The lowest BCUT2D eigenvalue weighted by Gasteiger charge is -2.09. The molecule has 0 aliphatic rings. The first-order valence-corrected chi connectivity index (χ1v) is 6.38. The molecule has 0 spiro atoms. The molecular formula is C15H17FN2O2. The molecule has 0 aliphatic carbocycles. The second kappa shape index (κ2) is 6.86. The molecule has 0 atom stereocenters. The van der Waals surface area contributed by atoms with Gasteiger partial charge in [-0.1, -0.05) is 0 Å². The van der Waals surface area contributed by atoms with Crippen LogP contribution in [0.3, 0.4) is 0 Å². The number of carbonyl (C=O) groups is 1. The standard InChI is InChI=1S/C15H17FN2O2/c1-20-10-8-17-15(19)11-14-3-2-9-18(14)13-6-4-12(16)5-7-13/h2-7,9H,8,10-11H2,1H3,(H,17,19). The molecule has 20 heavy (non-hydrogen) atoms. The zero-order valence-electron chi connectivity index (χ0n) is 11.3. The summed E-state index contributed by atoms with van der Waals surface area (Å²) in [5, 5.41) is 2.77. The summed E-state index contributed by atoms with van der Waals surface area (Å²) in [5.74, 6) is -0.344. The molecule has 0 aliphatic heterocycles. The number of amides is 1. The third-order valence-corrected chi connectivity index (χ3v) is 2.91. The third kappa shape index (κ3) is 3.68. The Hall–Kier alpha value is -2.14. The van der Waals surface area contributed by atoms with Gasteiger partial charge in [-0.25, -0.2) is 4.39 Å². The molecule has 0 fully saturated rings. The van der Waals surface area contributed by atoms with Crippen LogP contribution in [0.1, 0.15) is 5.69 Å². The van der Waals surface area contributed by atoms with Crippen LogP contribution in [0.25, 0.3) is 5.69 Å². The predicted molar refractivity (Wildman–Crippen MR) is 74.3 cm³/mol. The van der Waals surface area contributed by atoms with Gasteiger partial charge in [0, 0.05) is 31.2 Å². The van der Waals surface area contributed by atoms with Crippen molar-refractivity contribution in [3.05, 3.63) is 54.1 Å². The van der Waals surface area contributed by atoms with Crippen molar-refractivity contribution in [3.8, 4) is 5.69 Å². The van der Waals surface area contributed by atoms with Crippen LogP contribution in [0, 0.1) is 5.82 Å². The summed E-state index contributed by atoms with van der Waals surface area (Å²) in [5.41, 5.74) is 1.68. The molecule has 0 saturated heterocycles. The normalized spacial score (nSPS) is 10.5. The van der Waals surface area contributed by atoms with Crippen molar-refractivity contribution >= 4 is 5.91 Å². The van der Waals surface area contributed by atoms with E-state index >= 15 is 0 Å². The van der Waals surface area contributed by atoms with E-state index in [2.05, 4.69) is 5.32 Å². The summed E-state index contributed by atoms with van der Waals surface area (Å²) in [6, 6.07) is 9.90. The van der Waals surface area contributed by atoms with Crippen molar-refractivity contribution in [2.75, 3.05) is 20.3 Å². The molecule has 2 rings (SSSR count). The van der Waals surface area contributed by atoms with Gasteiger partial charge in [-0.3, -0.25) is 4.79 Å². The predicted octanol–water partition coefficient (Wildman–Crippen LogP) is 1.92. The molecule has 0 unspecified atom stereocenters. The second-order valence-corrected chi connectivity index (χ2v) is 4.37. The first-order valence-electron chi connectivity index (χ1n) is 6.38. The van der Waals surface area contributed by atoms with Gasteiger partial charge in [-0.05, 0) is 36.4 Å². The Morgan fingerprint density at radius 3 is 2.75 bits per heavy atom. The molecule has 1 aromatic heterocycles. The minimum absolute atomic E-state index is 0.0656. The van der Waals surface area contributed by atoms with E-state index < -0.39 is 0 Å². The van der Waals surface area contributed by atoms with Crippen molar-refractivity contribution in [1.29, 1.82) is 0 Å². The van der Waals surface area contributed by atoms with E-state index in [0.29, 0.717) is 13.2 Å². The van der Waals surface area contributed by atoms with E-state index in [9.17, 15) is 9.18 Å². The molecule has 106 valence electrons. The number of hydrogen-bond donors (Lipinski definition) is 1. The molecule has 2 aromatic rings. The Morgan fingerprint density at radius 2 is 2.05 bits per heavy atom. The lowest BCUT2D eigenvalue weighted by atomic mass is 10.2. The van der Waals surface area contributed by atoms with Gasteiger partial charge < -0.3 is 14.6 Å². The van der Waals surface area contributed by atoms with Crippen LogP contribution in [0.2, 0.25) is 0 Å². The first-order chi connectivity index (χ1) is 9.70. The van der Waals surface area contributed by atoms with Crippen LogP contribution < -0.4 is 5.32 Å². The van der Waals surface area contributed by atoms with E-state index in [4.69, 9.17) is 4.74 Å². The van der Waals surface area contributed by atoms with Crippen LogP contribution in [0.15, 0.2) is 42.6 Å². The maximum Gasteiger partial charge on any atom is 0.226 e. The Balaban J connectivity index is 2.05. The molecule has 0 radical (unpaired) electrons. The Morgan fingerprint density at radius 1 is 1.30 bits per heavy atom. The summed E-state index contributed by atoms with van der Waals surface area (Å²) < 4.78 is 19.7. The quantitative estimate of drug-likeness (QED) is 0.819. The fourth-order valence-electron chi connectivity index (χ4n) is 1.93. The van der Waals surface area contributed by atoms with Gasteiger partial charge in [0.25, 0.3) is 0 Å². The van der Waals surface area contributed by atoms with Crippen molar-refractivity contribution in [2.24, 2.45) is 0 Å². The minimum atomic E-state index is -0.278. The highest BCUT2D eigenvalue weighted by Gasteiger charge is 2.08. The summed E-state index contributed by atoms with van der Waals surface area (Å²) in [6.45, 7) is 0.983. The van der Waals surface area contributed by atoms with E-state index in [1.54, 1.807) is 19.2 Å². The van der Waals surface area contributed by atoms with Crippen LogP contribution in [0.4, 0.5) is 4.39 Å². The van der Waals surface area contributed by atoms with E-state index in [1.165, 1.54) is 12.1 Å². The number of aromatic nitrogens is 1. The monoisotopic (exact) mass is 276 g/mol. The molecule has 0 saturated carbocycles. The van der Waals surface area contributed by atoms with Crippen LogP contribution >= 0.6 is 0 Å². The number of hydrogen-bond acceptors (Lipinski definition) is 2. The lowest BCUT2D eigenvalue weighted by Crippen LogP contribution is -2.28. The summed E-state index contributed by atoms with van der Waals surface area (Å²) >= 11 is 0. The topological polar surface area (TPSA) is 43.3 Å². The number of halogens is 1. The first kappa shape index (κ1) is 14.3. The zero-order chi connectivity index (χ0) is 14.4. The van der Waals surface area contributed by atoms with Gasteiger partial charge >= 0.3 is 0 Å². The largest absolute Gasteiger partial charge is 0.383 e. The number of ether oxygens (including phenoxy) is 1. The van der Waals surface area contributed by atoms with Crippen molar-refractivity contribution in [1.82, 2.24) is 9.88 Å². The van der Waals surface area contributed by atoms with Crippen LogP contribution in [-0.4, -0.2) is 30.7 Å². The van der Waals surface area contributed by atoms with Gasteiger partial charge in [-0.2, -0.15) is 0 Å². The number of methoxy groups -OCH3 is 1. The van der Waals surface area contributed by atoms with Crippen molar-refractivity contribution in [2.45, 2.75) is 6.42 Å². The van der Waals surface area contributed by atoms with Gasteiger partial charge in [0.2, 0.25) is 5.91 Å². The Labute approximate surface area is 117 Å². The Kier molecular flexibility index (Phi) is 4.90. The summed E-state index contributed by atoms with van der Waals surface area (Å²) in [4.78, 5) is 11.8. The number of benzene rings is 1. The Bertz CT molecular complexity index is 564. The van der Waals surface area contributed by atoms with E-state index in [-0.39, 0.29) is 18.1 Å². The average molecular weight is 276 g/mol. The summed E-state index contributed by atoms with van der Waals surface area (Å²) in [7, 11) is 1.59. The molecular weight excluding hydrogens is 259 g/mol. The SMILES string of the molecule is COCCNC(=O)Cc1cccn1-c1ccc(F)cc1. The van der Waals surface area contributed by atoms with Crippen molar-refractivity contribution < 1.29 is 13.9 Å². The molecule has 1 N–H and O–H groups in total. The average Bonchev–Trinajstić information content (AvgIpc) is 2.88. The van der Waals surface area contributed by atoms with Gasteiger partial charge in [-0.15, -0.1) is 0 Å². The molecule has 0 bridgehead atoms. The highest BCUT2D eigenvalue weighted by atomic mass is 19.1. The molecule has 5 heteroatoms. The smallest absolute Gasteiger partial charge is 0.226 e. The number of nitrogens with one attached hydrogen (secondary N) is 1. The lowest BCUT2D eigenvalue weighted by molar-refractivity contribution is -0.120. The maximum absolute atomic E-state index is 12.9. The maximum atomic E-state index is 12.9. The molecule has 1 heterocycles. The van der Waals surface area contributed by atoms with Crippen molar-refractivity contribution in [3.63, 3.8) is 0 Å². The fraction of sp³-hybridized carbons (Fsp3) is 0.267. The molecule has 1 aromatic carbocycles. The van der Waals surface area contributed by atoms with E-state index in [1.807, 2.05) is 22.9 Å². The van der Waals surface area contributed by atoms with Crippen LogP contribution in [-0.2, 0) is 16.0 Å². The van der Waals surface area contributed by atoms with E-state index in [0.717, 1.165) is 11.4 Å².